The van der Waals surface area contributed by atoms with Crippen molar-refractivity contribution in [1.29, 1.82) is 0 Å². The molecule has 0 spiro atoms. The van der Waals surface area contributed by atoms with Gasteiger partial charge in [0.2, 0.25) is 0 Å². The zero-order chi connectivity index (χ0) is 13.9. The van der Waals surface area contributed by atoms with E-state index < -0.39 is 0 Å². The Labute approximate surface area is 123 Å². The van der Waals surface area contributed by atoms with Crippen LogP contribution in [0.4, 0.5) is 11.6 Å². The van der Waals surface area contributed by atoms with Crippen LogP contribution in [0.2, 0.25) is 0 Å². The first kappa shape index (κ1) is 13.3. The van der Waals surface area contributed by atoms with E-state index >= 15 is 0 Å². The molecule has 1 aliphatic rings. The van der Waals surface area contributed by atoms with Crippen LogP contribution in [0.1, 0.15) is 22.0 Å². The third kappa shape index (κ3) is 2.75. The average Bonchev–Trinajstić information content (AvgIpc) is 3.00. The molecule has 0 bridgehead atoms. The van der Waals surface area contributed by atoms with Gasteiger partial charge in [0, 0.05) is 44.3 Å². The van der Waals surface area contributed by atoms with Crippen LogP contribution >= 0.6 is 11.3 Å². The van der Waals surface area contributed by atoms with Crippen LogP contribution in [0.15, 0.2) is 12.4 Å². The molecule has 0 atom stereocenters. The molecule has 2 heterocycles. The summed E-state index contributed by atoms with van der Waals surface area (Å²) in [5.41, 5.74) is 1.33. The van der Waals surface area contributed by atoms with Gasteiger partial charge in [-0.05, 0) is 19.3 Å². The summed E-state index contributed by atoms with van der Waals surface area (Å²) in [6, 6.07) is 0. The van der Waals surface area contributed by atoms with E-state index in [1.807, 2.05) is 30.3 Å². The summed E-state index contributed by atoms with van der Waals surface area (Å²) in [7, 11) is 3.95. The predicted octanol–water partition coefficient (Wildman–Crippen LogP) is 2.14. The average molecular weight is 289 g/mol. The number of aryl methyl sites for hydroxylation is 2. The number of aromatic nitrogens is 3. The van der Waals surface area contributed by atoms with Gasteiger partial charge in [-0.3, -0.25) is 0 Å². The molecule has 6 heteroatoms. The summed E-state index contributed by atoms with van der Waals surface area (Å²) in [5.74, 6) is 1.70. The Morgan fingerprint density at radius 1 is 1.25 bits per heavy atom. The van der Waals surface area contributed by atoms with E-state index in [2.05, 4.69) is 15.3 Å². The van der Waals surface area contributed by atoms with E-state index in [-0.39, 0.29) is 0 Å². The fraction of sp³-hybridized carbons (Fsp3) is 0.500. The maximum absolute atomic E-state index is 4.71. The summed E-state index contributed by atoms with van der Waals surface area (Å²) in [6.07, 6.45) is 8.03. The molecular formula is C14H19N5S. The topological polar surface area (TPSA) is 53.9 Å². The monoisotopic (exact) mass is 289 g/mol. The fourth-order valence-electron chi connectivity index (χ4n) is 2.42. The minimum Gasteiger partial charge on any atom is -0.367 e. The smallest absolute Gasteiger partial charge is 0.171 e. The highest BCUT2D eigenvalue weighted by Gasteiger charge is 2.16. The Balaban J connectivity index is 1.59. The molecule has 0 saturated heterocycles. The number of nitrogens with zero attached hydrogens (tertiary/aromatic N) is 4. The Hall–Kier alpha value is -1.69. The minimum atomic E-state index is 0.835. The number of hydrogen-bond donors (Lipinski definition) is 1. The molecule has 2 aromatic rings. The Bertz CT molecular complexity index is 572. The van der Waals surface area contributed by atoms with E-state index in [4.69, 9.17) is 4.98 Å². The molecule has 0 unspecified atom stereocenters. The zero-order valence-electron chi connectivity index (χ0n) is 11.9. The van der Waals surface area contributed by atoms with Crippen LogP contribution < -0.4 is 10.2 Å². The largest absolute Gasteiger partial charge is 0.367 e. The summed E-state index contributed by atoms with van der Waals surface area (Å²) >= 11 is 1.87. The van der Waals surface area contributed by atoms with Gasteiger partial charge in [-0.15, -0.1) is 11.3 Å². The summed E-state index contributed by atoms with van der Waals surface area (Å²) in [4.78, 5) is 16.9. The number of fused-ring (bicyclic) bond motifs is 1. The standard InChI is InChI=1S/C14H19N5S/c1-19(2)14-13(16-8-9-17-14)15-7-6-12-18-10-4-3-5-11(10)20-12/h8-9H,3-7H2,1-2H3,(H,15,16). The van der Waals surface area contributed by atoms with Gasteiger partial charge >= 0.3 is 0 Å². The molecule has 0 saturated carbocycles. The van der Waals surface area contributed by atoms with Crippen molar-refractivity contribution in [2.24, 2.45) is 0 Å². The van der Waals surface area contributed by atoms with Crippen LogP contribution in [-0.2, 0) is 19.3 Å². The summed E-state index contributed by atoms with van der Waals surface area (Å²) in [6.45, 7) is 0.839. The number of anilines is 2. The Morgan fingerprint density at radius 3 is 2.90 bits per heavy atom. The van der Waals surface area contributed by atoms with Crippen molar-refractivity contribution in [2.45, 2.75) is 25.7 Å². The Morgan fingerprint density at radius 2 is 2.10 bits per heavy atom. The normalized spacial score (nSPS) is 13.3. The molecular weight excluding hydrogens is 270 g/mol. The van der Waals surface area contributed by atoms with Crippen LogP contribution in [0.25, 0.3) is 0 Å². The predicted molar refractivity (Wildman–Crippen MR) is 82.7 cm³/mol. The van der Waals surface area contributed by atoms with Gasteiger partial charge < -0.3 is 10.2 Å². The summed E-state index contributed by atoms with van der Waals surface area (Å²) in [5, 5.41) is 4.59. The molecule has 20 heavy (non-hydrogen) atoms. The van der Waals surface area contributed by atoms with E-state index in [9.17, 15) is 0 Å². The van der Waals surface area contributed by atoms with Crippen molar-refractivity contribution < 1.29 is 0 Å². The second kappa shape index (κ2) is 5.75. The number of nitrogens with one attached hydrogen (secondary N) is 1. The van der Waals surface area contributed by atoms with E-state index in [1.54, 1.807) is 12.4 Å². The fourth-order valence-corrected chi connectivity index (χ4v) is 3.58. The third-order valence-corrected chi connectivity index (χ3v) is 4.59. The van der Waals surface area contributed by atoms with Gasteiger partial charge in [0.25, 0.3) is 0 Å². The van der Waals surface area contributed by atoms with Gasteiger partial charge in [-0.1, -0.05) is 0 Å². The van der Waals surface area contributed by atoms with E-state index in [0.29, 0.717) is 0 Å². The molecule has 0 amide bonds. The van der Waals surface area contributed by atoms with Gasteiger partial charge in [-0.2, -0.15) is 0 Å². The van der Waals surface area contributed by atoms with Crippen LogP contribution in [-0.4, -0.2) is 35.6 Å². The molecule has 0 radical (unpaired) electrons. The minimum absolute atomic E-state index is 0.835. The Kier molecular flexibility index (Phi) is 3.82. The molecule has 2 aromatic heterocycles. The molecule has 0 fully saturated rings. The van der Waals surface area contributed by atoms with E-state index in [0.717, 1.165) is 31.0 Å². The van der Waals surface area contributed by atoms with Crippen molar-refractivity contribution in [1.82, 2.24) is 15.0 Å². The molecule has 106 valence electrons. The van der Waals surface area contributed by atoms with Crippen molar-refractivity contribution in [3.05, 3.63) is 28.0 Å². The van der Waals surface area contributed by atoms with Gasteiger partial charge in [0.1, 0.15) is 0 Å². The molecule has 3 rings (SSSR count). The van der Waals surface area contributed by atoms with Crippen molar-refractivity contribution in [3.63, 3.8) is 0 Å². The molecule has 1 N–H and O–H groups in total. The van der Waals surface area contributed by atoms with Gasteiger partial charge in [0.15, 0.2) is 11.6 Å². The number of rotatable bonds is 5. The summed E-state index contributed by atoms with van der Waals surface area (Å²) < 4.78 is 0. The number of thiazole rings is 1. The molecule has 0 aromatic carbocycles. The lowest BCUT2D eigenvalue weighted by atomic mass is 10.3. The quantitative estimate of drug-likeness (QED) is 0.914. The first-order valence-electron chi connectivity index (χ1n) is 6.93. The molecule has 0 aliphatic heterocycles. The maximum atomic E-state index is 4.71. The SMILES string of the molecule is CN(C)c1nccnc1NCCc1nc2c(s1)CCC2. The van der Waals surface area contributed by atoms with Gasteiger partial charge in [0.05, 0.1) is 10.7 Å². The third-order valence-electron chi connectivity index (χ3n) is 3.37. The highest BCUT2D eigenvalue weighted by atomic mass is 32.1. The lowest BCUT2D eigenvalue weighted by Gasteiger charge is -2.15. The maximum Gasteiger partial charge on any atom is 0.171 e. The highest BCUT2D eigenvalue weighted by molar-refractivity contribution is 7.11. The zero-order valence-corrected chi connectivity index (χ0v) is 12.7. The van der Waals surface area contributed by atoms with Crippen molar-refractivity contribution >= 4 is 23.0 Å². The van der Waals surface area contributed by atoms with Crippen LogP contribution in [0.5, 0.6) is 0 Å². The second-order valence-electron chi connectivity index (χ2n) is 5.13. The molecule has 1 aliphatic carbocycles. The van der Waals surface area contributed by atoms with Crippen LogP contribution in [0.3, 0.4) is 0 Å². The molecule has 5 nitrogen and oxygen atoms in total. The first-order valence-corrected chi connectivity index (χ1v) is 7.75. The second-order valence-corrected chi connectivity index (χ2v) is 6.30. The van der Waals surface area contributed by atoms with Crippen LogP contribution in [0, 0.1) is 0 Å². The first-order chi connectivity index (χ1) is 9.74. The van der Waals surface area contributed by atoms with Crippen molar-refractivity contribution in [3.8, 4) is 0 Å². The number of hydrogen-bond acceptors (Lipinski definition) is 6. The van der Waals surface area contributed by atoms with Crippen molar-refractivity contribution in [2.75, 3.05) is 30.9 Å². The lowest BCUT2D eigenvalue weighted by Crippen LogP contribution is -2.16. The lowest BCUT2D eigenvalue weighted by molar-refractivity contribution is 0.885. The highest BCUT2D eigenvalue weighted by Crippen LogP contribution is 2.27. The van der Waals surface area contributed by atoms with Gasteiger partial charge in [-0.25, -0.2) is 15.0 Å². The van der Waals surface area contributed by atoms with E-state index in [1.165, 1.54) is 28.4 Å².